The van der Waals surface area contributed by atoms with Gasteiger partial charge in [-0.1, -0.05) is 32.1 Å². The number of rotatable bonds is 6. The first-order chi connectivity index (χ1) is 8.19. The zero-order valence-electron chi connectivity index (χ0n) is 10.4. The third-order valence-corrected chi connectivity index (χ3v) is 3.65. The number of carbonyl (C=O) groups excluding carboxylic acids is 2. The second-order valence-corrected chi connectivity index (χ2v) is 4.91. The third-order valence-electron chi connectivity index (χ3n) is 3.39. The summed E-state index contributed by atoms with van der Waals surface area (Å²) in [5.41, 5.74) is 0. The molecular formula is C13H21ClO3. The summed E-state index contributed by atoms with van der Waals surface area (Å²) in [6.07, 6.45) is 6.52. The molecule has 98 valence electrons. The topological polar surface area (TPSA) is 43.4 Å². The van der Waals surface area contributed by atoms with Crippen molar-refractivity contribution in [2.24, 2.45) is 11.8 Å². The molecule has 0 aromatic heterocycles. The standard InChI is InChI=1S/C13H21ClO3/c1-2-17-13(16)11(12(15)9-14)8-10-6-4-3-5-7-10/h10-11H,2-9H2,1H3. The van der Waals surface area contributed by atoms with E-state index >= 15 is 0 Å². The van der Waals surface area contributed by atoms with E-state index in [9.17, 15) is 9.59 Å². The van der Waals surface area contributed by atoms with Crippen molar-refractivity contribution in [1.82, 2.24) is 0 Å². The normalized spacial score (nSPS) is 18.7. The average molecular weight is 261 g/mol. The smallest absolute Gasteiger partial charge is 0.316 e. The Kier molecular flexibility index (Phi) is 6.56. The van der Waals surface area contributed by atoms with E-state index in [-0.39, 0.29) is 11.7 Å². The van der Waals surface area contributed by atoms with Crippen LogP contribution in [0, 0.1) is 11.8 Å². The number of esters is 1. The van der Waals surface area contributed by atoms with Crippen LogP contribution >= 0.6 is 11.6 Å². The van der Waals surface area contributed by atoms with Crippen LogP contribution in [0.1, 0.15) is 45.4 Å². The van der Waals surface area contributed by atoms with Gasteiger partial charge in [0.15, 0.2) is 5.78 Å². The second kappa shape index (κ2) is 7.70. The van der Waals surface area contributed by atoms with Crippen LogP contribution in [0.4, 0.5) is 0 Å². The van der Waals surface area contributed by atoms with Crippen LogP contribution in [0.3, 0.4) is 0 Å². The predicted molar refractivity (Wildman–Crippen MR) is 67.0 cm³/mol. The average Bonchev–Trinajstić information content (AvgIpc) is 2.36. The van der Waals surface area contributed by atoms with Gasteiger partial charge in [-0.2, -0.15) is 0 Å². The van der Waals surface area contributed by atoms with Gasteiger partial charge in [0.25, 0.3) is 0 Å². The Morgan fingerprint density at radius 3 is 2.47 bits per heavy atom. The van der Waals surface area contributed by atoms with Gasteiger partial charge >= 0.3 is 5.97 Å². The number of ether oxygens (including phenoxy) is 1. The van der Waals surface area contributed by atoms with E-state index in [0.717, 1.165) is 12.8 Å². The molecule has 0 heterocycles. The summed E-state index contributed by atoms with van der Waals surface area (Å²) in [5, 5.41) is 0. The SMILES string of the molecule is CCOC(=O)C(CC1CCCCC1)C(=O)CCl. The highest BCUT2D eigenvalue weighted by molar-refractivity contribution is 6.29. The van der Waals surface area contributed by atoms with E-state index in [1.54, 1.807) is 6.92 Å². The molecule has 0 aliphatic heterocycles. The Balaban J connectivity index is 2.55. The Labute approximate surface area is 108 Å². The van der Waals surface area contributed by atoms with Crippen LogP contribution in [0.25, 0.3) is 0 Å². The minimum atomic E-state index is -0.643. The molecule has 0 saturated heterocycles. The molecule has 1 unspecified atom stereocenters. The number of hydrogen-bond donors (Lipinski definition) is 0. The van der Waals surface area contributed by atoms with Crippen molar-refractivity contribution in [3.05, 3.63) is 0 Å². The first kappa shape index (κ1) is 14.5. The van der Waals surface area contributed by atoms with Crippen LogP contribution < -0.4 is 0 Å². The van der Waals surface area contributed by atoms with Crippen LogP contribution in [-0.2, 0) is 14.3 Å². The fourth-order valence-corrected chi connectivity index (χ4v) is 2.64. The summed E-state index contributed by atoms with van der Waals surface area (Å²) in [7, 11) is 0. The van der Waals surface area contributed by atoms with Gasteiger partial charge in [0.1, 0.15) is 5.92 Å². The molecule has 3 nitrogen and oxygen atoms in total. The molecular weight excluding hydrogens is 240 g/mol. The van der Waals surface area contributed by atoms with Gasteiger partial charge in [-0.05, 0) is 19.3 Å². The van der Waals surface area contributed by atoms with Crippen molar-refractivity contribution in [3.8, 4) is 0 Å². The fourth-order valence-electron chi connectivity index (χ4n) is 2.45. The lowest BCUT2D eigenvalue weighted by molar-refractivity contribution is -0.151. The molecule has 1 rings (SSSR count). The highest BCUT2D eigenvalue weighted by Crippen LogP contribution is 2.30. The molecule has 1 aliphatic carbocycles. The number of hydrogen-bond acceptors (Lipinski definition) is 3. The van der Waals surface area contributed by atoms with Gasteiger partial charge in [-0.25, -0.2) is 0 Å². The summed E-state index contributed by atoms with van der Waals surface area (Å²) in [5.74, 6) is -0.865. The maximum Gasteiger partial charge on any atom is 0.316 e. The molecule has 1 atom stereocenters. The molecule has 0 bridgehead atoms. The zero-order chi connectivity index (χ0) is 12.7. The van der Waals surface area contributed by atoms with E-state index in [2.05, 4.69) is 0 Å². The van der Waals surface area contributed by atoms with Crippen LogP contribution in [0.2, 0.25) is 0 Å². The van der Waals surface area contributed by atoms with Gasteiger partial charge < -0.3 is 4.74 Å². The van der Waals surface area contributed by atoms with Crippen molar-refractivity contribution < 1.29 is 14.3 Å². The van der Waals surface area contributed by atoms with Crippen molar-refractivity contribution in [2.45, 2.75) is 45.4 Å². The summed E-state index contributed by atoms with van der Waals surface area (Å²) in [4.78, 5) is 23.4. The Morgan fingerprint density at radius 1 is 1.29 bits per heavy atom. The Morgan fingerprint density at radius 2 is 1.94 bits per heavy atom. The van der Waals surface area contributed by atoms with Crippen molar-refractivity contribution in [3.63, 3.8) is 0 Å². The van der Waals surface area contributed by atoms with Crippen LogP contribution in [0.5, 0.6) is 0 Å². The van der Waals surface area contributed by atoms with Crippen LogP contribution in [-0.4, -0.2) is 24.2 Å². The van der Waals surface area contributed by atoms with E-state index in [1.165, 1.54) is 19.3 Å². The number of carbonyl (C=O) groups is 2. The number of Topliss-reactive ketones (excluding diaryl/α,β-unsaturated/α-hetero) is 1. The first-order valence-corrected chi connectivity index (χ1v) is 6.97. The largest absolute Gasteiger partial charge is 0.465 e. The summed E-state index contributed by atoms with van der Waals surface area (Å²) in [6.45, 7) is 2.07. The van der Waals surface area contributed by atoms with E-state index < -0.39 is 11.9 Å². The van der Waals surface area contributed by atoms with Crippen molar-refractivity contribution in [2.75, 3.05) is 12.5 Å². The van der Waals surface area contributed by atoms with Gasteiger partial charge in [0, 0.05) is 0 Å². The second-order valence-electron chi connectivity index (χ2n) is 4.64. The highest BCUT2D eigenvalue weighted by Gasteiger charge is 2.30. The monoisotopic (exact) mass is 260 g/mol. The van der Waals surface area contributed by atoms with Gasteiger partial charge in [-0.3, -0.25) is 9.59 Å². The Hall–Kier alpha value is -0.570. The van der Waals surface area contributed by atoms with Gasteiger partial charge in [0.05, 0.1) is 12.5 Å². The molecule has 0 aromatic rings. The molecule has 1 fully saturated rings. The number of halogens is 1. The minimum Gasteiger partial charge on any atom is -0.465 e. The van der Waals surface area contributed by atoms with Gasteiger partial charge in [-0.15, -0.1) is 11.6 Å². The van der Waals surface area contributed by atoms with Crippen molar-refractivity contribution >= 4 is 23.4 Å². The minimum absolute atomic E-state index is 0.101. The Bertz CT molecular complexity index is 259. The molecule has 0 amide bonds. The van der Waals surface area contributed by atoms with Crippen LogP contribution in [0.15, 0.2) is 0 Å². The fraction of sp³-hybridized carbons (Fsp3) is 0.846. The number of alkyl halides is 1. The lowest BCUT2D eigenvalue weighted by Crippen LogP contribution is -2.30. The van der Waals surface area contributed by atoms with Gasteiger partial charge in [0.2, 0.25) is 0 Å². The lowest BCUT2D eigenvalue weighted by atomic mass is 9.82. The molecule has 0 radical (unpaired) electrons. The maximum atomic E-state index is 11.7. The molecule has 1 aliphatic rings. The van der Waals surface area contributed by atoms with E-state index in [0.29, 0.717) is 18.9 Å². The predicted octanol–water partition coefficient (Wildman–Crippen LogP) is 2.94. The zero-order valence-corrected chi connectivity index (χ0v) is 11.2. The van der Waals surface area contributed by atoms with Crippen molar-refractivity contribution in [1.29, 1.82) is 0 Å². The molecule has 17 heavy (non-hydrogen) atoms. The summed E-state index contributed by atoms with van der Waals surface area (Å²) < 4.78 is 4.95. The molecule has 4 heteroatoms. The van der Waals surface area contributed by atoms with E-state index in [4.69, 9.17) is 16.3 Å². The molecule has 0 spiro atoms. The first-order valence-electron chi connectivity index (χ1n) is 6.44. The molecule has 0 aromatic carbocycles. The lowest BCUT2D eigenvalue weighted by Gasteiger charge is -2.24. The third kappa shape index (κ3) is 4.66. The summed E-state index contributed by atoms with van der Waals surface area (Å²) >= 11 is 5.55. The highest BCUT2D eigenvalue weighted by atomic mass is 35.5. The summed E-state index contributed by atoms with van der Waals surface area (Å²) in [6, 6.07) is 0. The molecule has 0 N–H and O–H groups in total. The number of ketones is 1. The molecule has 1 saturated carbocycles. The van der Waals surface area contributed by atoms with E-state index in [1.807, 2.05) is 0 Å². The maximum absolute atomic E-state index is 11.7. The quantitative estimate of drug-likeness (QED) is 0.419.